The monoisotopic (exact) mass is 226 g/mol. The third-order valence-electron chi connectivity index (χ3n) is 4.58. The van der Waals surface area contributed by atoms with Crippen molar-refractivity contribution in [3.8, 4) is 0 Å². The molecule has 1 saturated carbocycles. The van der Waals surface area contributed by atoms with E-state index in [0.717, 1.165) is 26.3 Å². The lowest BCUT2D eigenvalue weighted by Crippen LogP contribution is -2.54. The molecule has 2 fully saturated rings. The summed E-state index contributed by atoms with van der Waals surface area (Å²) in [6.45, 7) is 9.45. The van der Waals surface area contributed by atoms with E-state index in [2.05, 4.69) is 18.7 Å². The van der Waals surface area contributed by atoms with Gasteiger partial charge in [-0.3, -0.25) is 4.90 Å². The van der Waals surface area contributed by atoms with E-state index in [9.17, 15) is 0 Å². The normalized spacial score (nSPS) is 28.7. The number of ether oxygens (including phenoxy) is 1. The summed E-state index contributed by atoms with van der Waals surface area (Å²) in [6, 6.07) is 0. The van der Waals surface area contributed by atoms with E-state index in [0.29, 0.717) is 5.41 Å². The molecule has 3 heteroatoms. The van der Waals surface area contributed by atoms with Crippen molar-refractivity contribution in [3.05, 3.63) is 0 Å². The highest BCUT2D eigenvalue weighted by molar-refractivity contribution is 4.91. The van der Waals surface area contributed by atoms with Gasteiger partial charge in [-0.15, -0.1) is 0 Å². The van der Waals surface area contributed by atoms with Crippen molar-refractivity contribution in [1.29, 1.82) is 0 Å². The summed E-state index contributed by atoms with van der Waals surface area (Å²) >= 11 is 0. The molecule has 0 bridgehead atoms. The van der Waals surface area contributed by atoms with Crippen molar-refractivity contribution in [2.75, 3.05) is 32.8 Å². The van der Waals surface area contributed by atoms with Gasteiger partial charge in [0.05, 0.1) is 13.2 Å². The molecule has 0 unspecified atom stereocenters. The zero-order chi connectivity index (χ0) is 11.6. The molecule has 0 aromatic rings. The van der Waals surface area contributed by atoms with Gasteiger partial charge in [-0.2, -0.15) is 0 Å². The molecule has 1 heterocycles. The van der Waals surface area contributed by atoms with Crippen LogP contribution in [0.25, 0.3) is 0 Å². The van der Waals surface area contributed by atoms with Crippen LogP contribution in [-0.2, 0) is 4.74 Å². The lowest BCUT2D eigenvalue weighted by molar-refractivity contribution is -0.0586. The maximum absolute atomic E-state index is 5.91. The molecule has 0 amide bonds. The summed E-state index contributed by atoms with van der Waals surface area (Å²) in [4.78, 5) is 2.58. The Morgan fingerprint density at radius 2 is 2.06 bits per heavy atom. The molecule has 2 N–H and O–H groups in total. The molecule has 3 nitrogen and oxygen atoms in total. The number of hydrogen-bond donors (Lipinski definition) is 1. The first kappa shape index (κ1) is 12.3. The molecule has 1 aliphatic heterocycles. The van der Waals surface area contributed by atoms with E-state index in [-0.39, 0.29) is 5.54 Å². The molecular weight excluding hydrogens is 200 g/mol. The topological polar surface area (TPSA) is 38.5 Å². The quantitative estimate of drug-likeness (QED) is 0.791. The van der Waals surface area contributed by atoms with Gasteiger partial charge in [-0.05, 0) is 51.6 Å². The summed E-state index contributed by atoms with van der Waals surface area (Å²) < 4.78 is 5.55. The fourth-order valence-electron chi connectivity index (χ4n) is 2.91. The van der Waals surface area contributed by atoms with Crippen LogP contribution < -0.4 is 5.73 Å². The Morgan fingerprint density at radius 3 is 2.56 bits per heavy atom. The average molecular weight is 226 g/mol. The SMILES string of the molecule is CC1(C)COCCN1CCC1(CN)CCC1. The first-order chi connectivity index (χ1) is 7.58. The molecule has 0 radical (unpaired) electrons. The van der Waals surface area contributed by atoms with Gasteiger partial charge in [0.25, 0.3) is 0 Å². The molecular formula is C13H26N2O. The van der Waals surface area contributed by atoms with Gasteiger partial charge in [0.2, 0.25) is 0 Å². The zero-order valence-electron chi connectivity index (χ0n) is 10.8. The van der Waals surface area contributed by atoms with E-state index >= 15 is 0 Å². The molecule has 2 aliphatic rings. The lowest BCUT2D eigenvalue weighted by atomic mass is 9.66. The number of morpholine rings is 1. The Balaban J connectivity index is 1.84. The van der Waals surface area contributed by atoms with Crippen molar-refractivity contribution < 1.29 is 4.74 Å². The second-order valence-electron chi connectivity index (χ2n) is 6.16. The van der Waals surface area contributed by atoms with Gasteiger partial charge in [0, 0.05) is 12.1 Å². The highest BCUT2D eigenvalue weighted by atomic mass is 16.5. The number of nitrogens with zero attached hydrogens (tertiary/aromatic N) is 1. The summed E-state index contributed by atoms with van der Waals surface area (Å²) in [7, 11) is 0. The van der Waals surface area contributed by atoms with Gasteiger partial charge in [-0.1, -0.05) is 6.42 Å². The Labute approximate surface area is 99.3 Å². The van der Waals surface area contributed by atoms with Crippen LogP contribution >= 0.6 is 0 Å². The number of nitrogens with two attached hydrogens (primary N) is 1. The van der Waals surface area contributed by atoms with Gasteiger partial charge in [0.1, 0.15) is 0 Å². The average Bonchev–Trinajstić information content (AvgIpc) is 2.19. The van der Waals surface area contributed by atoms with Crippen LogP contribution in [-0.4, -0.2) is 43.3 Å². The fraction of sp³-hybridized carbons (Fsp3) is 1.00. The first-order valence-corrected chi connectivity index (χ1v) is 6.61. The number of hydrogen-bond acceptors (Lipinski definition) is 3. The van der Waals surface area contributed by atoms with E-state index in [1.807, 2.05) is 0 Å². The van der Waals surface area contributed by atoms with E-state index in [1.165, 1.54) is 32.2 Å². The second-order valence-corrected chi connectivity index (χ2v) is 6.16. The van der Waals surface area contributed by atoms with Crippen LogP contribution in [0.5, 0.6) is 0 Å². The zero-order valence-corrected chi connectivity index (χ0v) is 10.8. The van der Waals surface area contributed by atoms with Crippen LogP contribution in [0.2, 0.25) is 0 Å². The standard InChI is InChI=1S/C13H26N2O/c1-12(2)11-16-9-8-15(12)7-6-13(10-14)4-3-5-13/h3-11,14H2,1-2H3. The van der Waals surface area contributed by atoms with Crippen LogP contribution in [0, 0.1) is 5.41 Å². The molecule has 1 saturated heterocycles. The molecule has 2 rings (SSSR count). The minimum Gasteiger partial charge on any atom is -0.378 e. The Morgan fingerprint density at radius 1 is 1.31 bits per heavy atom. The Bertz CT molecular complexity index is 231. The molecule has 16 heavy (non-hydrogen) atoms. The fourth-order valence-corrected chi connectivity index (χ4v) is 2.91. The van der Waals surface area contributed by atoms with Gasteiger partial charge < -0.3 is 10.5 Å². The van der Waals surface area contributed by atoms with Crippen LogP contribution in [0.1, 0.15) is 39.5 Å². The molecule has 1 aliphatic carbocycles. The Kier molecular flexibility index (Phi) is 3.57. The first-order valence-electron chi connectivity index (χ1n) is 6.61. The largest absolute Gasteiger partial charge is 0.378 e. The van der Waals surface area contributed by atoms with Crippen molar-refractivity contribution >= 4 is 0 Å². The lowest BCUT2D eigenvalue weighted by Gasteiger charge is -2.46. The summed E-state index contributed by atoms with van der Waals surface area (Å²) in [5, 5.41) is 0. The van der Waals surface area contributed by atoms with Crippen LogP contribution in [0.15, 0.2) is 0 Å². The van der Waals surface area contributed by atoms with E-state index < -0.39 is 0 Å². The summed E-state index contributed by atoms with van der Waals surface area (Å²) in [6.07, 6.45) is 5.33. The van der Waals surface area contributed by atoms with Crippen LogP contribution in [0.4, 0.5) is 0 Å². The van der Waals surface area contributed by atoms with Crippen molar-refractivity contribution in [2.24, 2.45) is 11.1 Å². The highest BCUT2D eigenvalue weighted by Crippen LogP contribution is 2.43. The molecule has 0 aromatic carbocycles. The van der Waals surface area contributed by atoms with Crippen molar-refractivity contribution in [3.63, 3.8) is 0 Å². The predicted octanol–water partition coefficient (Wildman–Crippen LogP) is 1.62. The molecule has 0 aromatic heterocycles. The third-order valence-corrected chi connectivity index (χ3v) is 4.58. The minimum absolute atomic E-state index is 0.206. The van der Waals surface area contributed by atoms with E-state index in [4.69, 9.17) is 10.5 Å². The molecule has 0 atom stereocenters. The molecule has 94 valence electrons. The molecule has 0 spiro atoms. The van der Waals surface area contributed by atoms with Crippen molar-refractivity contribution in [2.45, 2.75) is 45.1 Å². The minimum atomic E-state index is 0.206. The third kappa shape index (κ3) is 2.41. The summed E-state index contributed by atoms with van der Waals surface area (Å²) in [5.41, 5.74) is 6.60. The van der Waals surface area contributed by atoms with E-state index in [1.54, 1.807) is 0 Å². The maximum Gasteiger partial charge on any atom is 0.0645 e. The smallest absolute Gasteiger partial charge is 0.0645 e. The van der Waals surface area contributed by atoms with Crippen LogP contribution in [0.3, 0.4) is 0 Å². The summed E-state index contributed by atoms with van der Waals surface area (Å²) in [5.74, 6) is 0. The maximum atomic E-state index is 5.91. The van der Waals surface area contributed by atoms with Crippen molar-refractivity contribution in [1.82, 2.24) is 4.90 Å². The second kappa shape index (κ2) is 4.63. The van der Waals surface area contributed by atoms with Gasteiger partial charge in [0.15, 0.2) is 0 Å². The number of rotatable bonds is 4. The van der Waals surface area contributed by atoms with Gasteiger partial charge in [-0.25, -0.2) is 0 Å². The van der Waals surface area contributed by atoms with Gasteiger partial charge >= 0.3 is 0 Å². The Hall–Kier alpha value is -0.120. The highest BCUT2D eigenvalue weighted by Gasteiger charge is 2.37. The predicted molar refractivity (Wildman–Crippen MR) is 66.4 cm³/mol.